The van der Waals surface area contributed by atoms with Crippen LogP contribution >= 0.6 is 11.5 Å². The second kappa shape index (κ2) is 3.37. The molecule has 0 spiro atoms. The van der Waals surface area contributed by atoms with Crippen molar-refractivity contribution in [1.82, 2.24) is 4.37 Å². The smallest absolute Gasteiger partial charge is 0.142 e. The van der Waals surface area contributed by atoms with E-state index in [0.717, 1.165) is 11.7 Å². The number of rotatable bonds is 4. The van der Waals surface area contributed by atoms with Gasteiger partial charge < -0.3 is 11.1 Å². The summed E-state index contributed by atoms with van der Waals surface area (Å²) in [6, 6.07) is 0.687. The highest BCUT2D eigenvalue weighted by molar-refractivity contribution is 7.10. The van der Waals surface area contributed by atoms with Gasteiger partial charge in [-0.05, 0) is 42.6 Å². The fraction of sp³-hybridized carbons (Fsp3) is 0.727. The Hall–Kier alpha value is -0.770. The Kier molecular flexibility index (Phi) is 2.12. The van der Waals surface area contributed by atoms with Gasteiger partial charge in [0.1, 0.15) is 10.8 Å². The molecule has 2 unspecified atom stereocenters. The lowest BCUT2D eigenvalue weighted by Gasteiger charge is -2.05. The van der Waals surface area contributed by atoms with E-state index in [1.54, 1.807) is 0 Å². The summed E-state index contributed by atoms with van der Waals surface area (Å²) < 4.78 is 4.27. The number of nitrogens with zero attached hydrogens (tertiary/aromatic N) is 1. The van der Waals surface area contributed by atoms with Crippen LogP contribution in [-0.2, 0) is 0 Å². The van der Waals surface area contributed by atoms with Crippen LogP contribution in [0, 0.1) is 5.92 Å². The lowest BCUT2D eigenvalue weighted by Crippen LogP contribution is -2.04. The Bertz CT molecular complexity index is 370. The summed E-state index contributed by atoms with van der Waals surface area (Å²) in [5.41, 5.74) is 7.21. The van der Waals surface area contributed by atoms with Crippen molar-refractivity contribution in [3.05, 3.63) is 5.56 Å². The molecular formula is C11H17N3S. The lowest BCUT2D eigenvalue weighted by atomic mass is 10.2. The fourth-order valence-electron chi connectivity index (χ4n) is 2.22. The Labute approximate surface area is 94.2 Å². The monoisotopic (exact) mass is 223 g/mol. The van der Waals surface area contributed by atoms with Crippen molar-refractivity contribution in [1.29, 1.82) is 0 Å². The van der Waals surface area contributed by atoms with Crippen molar-refractivity contribution in [2.24, 2.45) is 5.92 Å². The number of nitrogens with one attached hydrogen (secondary N) is 1. The van der Waals surface area contributed by atoms with Gasteiger partial charge in [-0.1, -0.05) is 13.3 Å². The lowest BCUT2D eigenvalue weighted by molar-refractivity contribution is 0.775. The minimum absolute atomic E-state index is 0.687. The summed E-state index contributed by atoms with van der Waals surface area (Å²) in [6.07, 6.45) is 5.18. The van der Waals surface area contributed by atoms with E-state index in [1.807, 2.05) is 0 Å². The van der Waals surface area contributed by atoms with Crippen LogP contribution in [-0.4, -0.2) is 10.4 Å². The quantitative estimate of drug-likeness (QED) is 0.825. The maximum absolute atomic E-state index is 5.90. The molecule has 2 saturated carbocycles. The van der Waals surface area contributed by atoms with Crippen LogP contribution in [0.5, 0.6) is 0 Å². The first-order valence-corrected chi connectivity index (χ1v) is 6.58. The molecule has 0 bridgehead atoms. The zero-order valence-electron chi connectivity index (χ0n) is 8.99. The van der Waals surface area contributed by atoms with Gasteiger partial charge in [0.15, 0.2) is 0 Å². The van der Waals surface area contributed by atoms with Gasteiger partial charge >= 0.3 is 0 Å². The van der Waals surface area contributed by atoms with Gasteiger partial charge in [0.25, 0.3) is 0 Å². The second-order valence-corrected chi connectivity index (χ2v) is 5.51. The van der Waals surface area contributed by atoms with Gasteiger partial charge in [0.05, 0.1) is 0 Å². The molecule has 1 aromatic heterocycles. The molecule has 2 aliphatic rings. The first kappa shape index (κ1) is 9.46. The molecule has 0 saturated heterocycles. The maximum Gasteiger partial charge on any atom is 0.142 e. The first-order valence-electron chi connectivity index (χ1n) is 5.81. The Morgan fingerprint density at radius 3 is 2.93 bits per heavy atom. The molecule has 3 N–H and O–H groups in total. The van der Waals surface area contributed by atoms with Gasteiger partial charge in [0, 0.05) is 11.6 Å². The van der Waals surface area contributed by atoms with Crippen LogP contribution in [0.3, 0.4) is 0 Å². The average Bonchev–Trinajstić information content (AvgIpc) is 3.10. The van der Waals surface area contributed by atoms with Gasteiger partial charge in [-0.2, -0.15) is 4.37 Å². The van der Waals surface area contributed by atoms with Gasteiger partial charge in [-0.15, -0.1) is 0 Å². The molecule has 0 amide bonds. The van der Waals surface area contributed by atoms with Crippen LogP contribution < -0.4 is 11.1 Å². The molecule has 0 aromatic carbocycles. The van der Waals surface area contributed by atoms with E-state index in [1.165, 1.54) is 47.8 Å². The highest BCUT2D eigenvalue weighted by atomic mass is 32.1. The molecule has 1 heterocycles. The van der Waals surface area contributed by atoms with Crippen LogP contribution in [0.2, 0.25) is 0 Å². The summed E-state index contributed by atoms with van der Waals surface area (Å²) >= 11 is 1.54. The minimum atomic E-state index is 0.687. The molecule has 3 nitrogen and oxygen atoms in total. The third kappa shape index (κ3) is 1.71. The number of hydrogen-bond donors (Lipinski definition) is 2. The molecule has 15 heavy (non-hydrogen) atoms. The van der Waals surface area contributed by atoms with E-state index >= 15 is 0 Å². The molecule has 0 radical (unpaired) electrons. The van der Waals surface area contributed by atoms with Crippen molar-refractivity contribution in [2.45, 2.75) is 44.6 Å². The maximum atomic E-state index is 5.90. The Balaban J connectivity index is 1.74. The zero-order chi connectivity index (χ0) is 10.4. The van der Waals surface area contributed by atoms with Crippen molar-refractivity contribution < 1.29 is 0 Å². The topological polar surface area (TPSA) is 50.9 Å². The van der Waals surface area contributed by atoms with E-state index in [2.05, 4.69) is 16.6 Å². The van der Waals surface area contributed by atoms with E-state index in [9.17, 15) is 0 Å². The number of nitrogens with two attached hydrogens (primary N) is 1. The van der Waals surface area contributed by atoms with Gasteiger partial charge in [-0.3, -0.25) is 0 Å². The molecule has 2 atom stereocenters. The number of hydrogen-bond acceptors (Lipinski definition) is 4. The normalized spacial score (nSPS) is 29.1. The summed E-state index contributed by atoms with van der Waals surface area (Å²) in [4.78, 5) is 0. The number of aromatic nitrogens is 1. The zero-order valence-corrected chi connectivity index (χ0v) is 9.81. The summed E-state index contributed by atoms with van der Waals surface area (Å²) in [5.74, 6) is 2.34. The minimum Gasteiger partial charge on any atom is -0.383 e. The van der Waals surface area contributed by atoms with Gasteiger partial charge in [-0.25, -0.2) is 0 Å². The van der Waals surface area contributed by atoms with Crippen molar-refractivity contribution in [3.63, 3.8) is 0 Å². The van der Waals surface area contributed by atoms with E-state index < -0.39 is 0 Å². The summed E-state index contributed by atoms with van der Waals surface area (Å²) in [5, 5.41) is 4.85. The molecule has 2 fully saturated rings. The van der Waals surface area contributed by atoms with E-state index in [-0.39, 0.29) is 0 Å². The predicted molar refractivity (Wildman–Crippen MR) is 64.3 cm³/mol. The molecule has 4 heteroatoms. The van der Waals surface area contributed by atoms with Crippen LogP contribution in [0.15, 0.2) is 0 Å². The highest BCUT2D eigenvalue weighted by Crippen LogP contribution is 2.49. The average molecular weight is 223 g/mol. The molecule has 3 rings (SSSR count). The van der Waals surface area contributed by atoms with E-state index in [0.29, 0.717) is 12.0 Å². The SMILES string of the molecule is CCC1CC1Nc1snc(N)c1C1CC1. The van der Waals surface area contributed by atoms with Crippen molar-refractivity contribution in [3.8, 4) is 0 Å². The molecule has 0 aliphatic heterocycles. The van der Waals surface area contributed by atoms with E-state index in [4.69, 9.17) is 5.73 Å². The molecule has 82 valence electrons. The largest absolute Gasteiger partial charge is 0.383 e. The first-order chi connectivity index (χ1) is 7.29. The van der Waals surface area contributed by atoms with Crippen molar-refractivity contribution in [2.75, 3.05) is 11.1 Å². The molecule has 1 aromatic rings. The summed E-state index contributed by atoms with van der Waals surface area (Å²) in [6.45, 7) is 2.26. The van der Waals surface area contributed by atoms with Crippen LogP contribution in [0.1, 0.15) is 44.1 Å². The standard InChI is InChI=1S/C11H17N3S/c1-2-6-5-8(6)13-11-9(7-3-4-7)10(12)14-15-11/h6-8,13H,2-5H2,1H3,(H2,12,14). The highest BCUT2D eigenvalue weighted by Gasteiger charge is 2.38. The summed E-state index contributed by atoms with van der Waals surface area (Å²) in [7, 11) is 0. The Morgan fingerprint density at radius 2 is 2.33 bits per heavy atom. The van der Waals surface area contributed by atoms with Crippen LogP contribution in [0.25, 0.3) is 0 Å². The fourth-order valence-corrected chi connectivity index (χ4v) is 3.09. The van der Waals surface area contributed by atoms with Crippen molar-refractivity contribution >= 4 is 22.4 Å². The molecule has 2 aliphatic carbocycles. The third-order valence-electron chi connectivity index (χ3n) is 3.50. The predicted octanol–water partition coefficient (Wildman–Crippen LogP) is 2.81. The number of anilines is 2. The molecular weight excluding hydrogens is 206 g/mol. The number of nitrogen functional groups attached to an aromatic ring is 1. The van der Waals surface area contributed by atoms with Crippen LogP contribution in [0.4, 0.5) is 10.8 Å². The second-order valence-electron chi connectivity index (χ2n) is 4.74. The third-order valence-corrected chi connectivity index (χ3v) is 4.31. The van der Waals surface area contributed by atoms with Gasteiger partial charge in [0.2, 0.25) is 0 Å². The Morgan fingerprint density at radius 1 is 1.53 bits per heavy atom.